The molecule has 0 unspecified atom stereocenters. The van der Waals surface area contributed by atoms with Crippen LogP contribution in [0.15, 0.2) is 63.5 Å². The van der Waals surface area contributed by atoms with Crippen LogP contribution in [0.2, 0.25) is 0 Å². The molecule has 1 aromatic heterocycles. The molecule has 0 fully saturated rings. The molecule has 0 atom stereocenters. The van der Waals surface area contributed by atoms with Crippen LogP contribution >= 0.6 is 15.9 Å². The molecular weight excluding hydrogens is 432 g/mol. The third kappa shape index (κ3) is 4.89. The highest BCUT2D eigenvalue weighted by Crippen LogP contribution is 2.26. The average Bonchev–Trinajstić information content (AvgIpc) is 3.16. The van der Waals surface area contributed by atoms with E-state index in [1.165, 1.54) is 31.4 Å². The molecule has 1 amide bonds. The molecule has 0 aliphatic rings. The van der Waals surface area contributed by atoms with E-state index < -0.39 is 10.8 Å². The summed E-state index contributed by atoms with van der Waals surface area (Å²) in [5, 5.41) is 13.5. The number of nitro groups is 1. The number of benzene rings is 2. The summed E-state index contributed by atoms with van der Waals surface area (Å²) in [4.78, 5) is 22.8. The van der Waals surface area contributed by atoms with Gasteiger partial charge < -0.3 is 19.2 Å². The first kappa shape index (κ1) is 19.4. The van der Waals surface area contributed by atoms with Crippen molar-refractivity contribution >= 4 is 33.2 Å². The number of non-ortho nitro benzene ring substituents is 1. The Morgan fingerprint density at radius 1 is 1.14 bits per heavy atom. The summed E-state index contributed by atoms with van der Waals surface area (Å²) in [6.45, 7) is 0.152. The van der Waals surface area contributed by atoms with Crippen LogP contribution in [-0.2, 0) is 6.61 Å². The largest absolute Gasteiger partial charge is 0.496 e. The summed E-state index contributed by atoms with van der Waals surface area (Å²) in [5.74, 6) is 0.892. The number of methoxy groups -OCH3 is 1. The van der Waals surface area contributed by atoms with Gasteiger partial charge in [0.05, 0.1) is 23.8 Å². The molecule has 3 aromatic rings. The number of carbonyl (C=O) groups excluding carboxylic acids is 1. The van der Waals surface area contributed by atoms with Crippen molar-refractivity contribution in [2.24, 2.45) is 0 Å². The van der Waals surface area contributed by atoms with E-state index in [1.54, 1.807) is 18.2 Å². The van der Waals surface area contributed by atoms with E-state index in [9.17, 15) is 14.9 Å². The average molecular weight is 447 g/mol. The predicted octanol–water partition coefficient (Wildman–Crippen LogP) is 4.79. The third-order valence-corrected chi connectivity index (χ3v) is 4.20. The van der Waals surface area contributed by atoms with Gasteiger partial charge in [0.25, 0.3) is 11.6 Å². The number of rotatable bonds is 7. The quantitative estimate of drug-likeness (QED) is 0.413. The molecule has 9 heteroatoms. The first-order valence-corrected chi connectivity index (χ1v) is 8.86. The molecule has 0 radical (unpaired) electrons. The molecular formula is C19H15BrN2O6. The summed E-state index contributed by atoms with van der Waals surface area (Å²) in [7, 11) is 1.38. The van der Waals surface area contributed by atoms with Crippen molar-refractivity contribution in [3.05, 3.63) is 80.7 Å². The van der Waals surface area contributed by atoms with Gasteiger partial charge in [0.15, 0.2) is 5.76 Å². The summed E-state index contributed by atoms with van der Waals surface area (Å²) < 4.78 is 17.0. The maximum Gasteiger partial charge on any atom is 0.291 e. The molecule has 0 saturated heterocycles. The molecule has 0 spiro atoms. The van der Waals surface area contributed by atoms with Crippen molar-refractivity contribution in [3.8, 4) is 11.5 Å². The molecule has 1 N–H and O–H groups in total. The van der Waals surface area contributed by atoms with Crippen molar-refractivity contribution < 1.29 is 23.6 Å². The number of nitro benzene ring substituents is 1. The molecule has 8 nitrogen and oxygen atoms in total. The highest BCUT2D eigenvalue weighted by molar-refractivity contribution is 9.10. The number of nitrogens with one attached hydrogen (secondary N) is 1. The molecule has 0 aliphatic carbocycles. The van der Waals surface area contributed by atoms with E-state index >= 15 is 0 Å². The molecule has 2 aromatic carbocycles. The highest BCUT2D eigenvalue weighted by Gasteiger charge is 2.15. The van der Waals surface area contributed by atoms with Gasteiger partial charge in [-0.2, -0.15) is 0 Å². The number of amides is 1. The number of nitrogens with zero attached hydrogens (tertiary/aromatic N) is 1. The molecule has 1 heterocycles. The van der Waals surface area contributed by atoms with Crippen LogP contribution in [-0.4, -0.2) is 17.9 Å². The van der Waals surface area contributed by atoms with Crippen LogP contribution < -0.4 is 14.8 Å². The smallest absolute Gasteiger partial charge is 0.291 e. The fourth-order valence-electron chi connectivity index (χ4n) is 2.33. The van der Waals surface area contributed by atoms with Crippen LogP contribution in [0, 0.1) is 10.1 Å². The van der Waals surface area contributed by atoms with E-state index in [-0.39, 0.29) is 29.5 Å². The summed E-state index contributed by atoms with van der Waals surface area (Å²) >= 11 is 3.35. The van der Waals surface area contributed by atoms with E-state index in [0.717, 1.165) is 4.47 Å². The topological polar surface area (TPSA) is 104 Å². The van der Waals surface area contributed by atoms with Crippen molar-refractivity contribution in [1.82, 2.24) is 0 Å². The van der Waals surface area contributed by atoms with Crippen LogP contribution in [0.1, 0.15) is 16.3 Å². The lowest BCUT2D eigenvalue weighted by molar-refractivity contribution is -0.384. The number of furan rings is 1. The Kier molecular flexibility index (Phi) is 5.95. The standard InChI is InChI=1S/C19H15BrN2O6/c1-26-17-9-13(8-14(10-17)22(24)25)21-19(23)18-7-6-16(28-18)11-27-15-4-2-12(20)3-5-15/h2-10H,11H2,1H3,(H,21,23). The number of hydrogen-bond acceptors (Lipinski definition) is 6. The second-order valence-corrected chi connectivity index (χ2v) is 6.56. The van der Waals surface area contributed by atoms with Crippen molar-refractivity contribution in [2.75, 3.05) is 12.4 Å². The normalized spacial score (nSPS) is 10.4. The number of halogens is 1. The maximum atomic E-state index is 12.4. The Bertz CT molecular complexity index is 1000. The molecule has 144 valence electrons. The Balaban J connectivity index is 1.66. The predicted molar refractivity (Wildman–Crippen MR) is 105 cm³/mol. The fraction of sp³-hybridized carbons (Fsp3) is 0.105. The van der Waals surface area contributed by atoms with E-state index in [1.807, 2.05) is 12.1 Å². The summed E-state index contributed by atoms with van der Waals surface area (Å²) in [6.07, 6.45) is 0. The molecule has 0 saturated carbocycles. The number of anilines is 1. The Morgan fingerprint density at radius 2 is 1.89 bits per heavy atom. The van der Waals surface area contributed by atoms with Gasteiger partial charge in [-0.15, -0.1) is 0 Å². The second-order valence-electron chi connectivity index (χ2n) is 5.64. The fourth-order valence-corrected chi connectivity index (χ4v) is 2.60. The molecule has 0 bridgehead atoms. The van der Waals surface area contributed by atoms with Crippen molar-refractivity contribution in [3.63, 3.8) is 0 Å². The summed E-state index contributed by atoms with van der Waals surface area (Å²) in [5.41, 5.74) is 0.0257. The molecule has 28 heavy (non-hydrogen) atoms. The first-order valence-electron chi connectivity index (χ1n) is 8.06. The van der Waals surface area contributed by atoms with E-state index in [0.29, 0.717) is 11.5 Å². The molecule has 3 rings (SSSR count). The van der Waals surface area contributed by atoms with Gasteiger partial charge in [0, 0.05) is 16.6 Å². The van der Waals surface area contributed by atoms with Gasteiger partial charge >= 0.3 is 0 Å². The van der Waals surface area contributed by atoms with Crippen LogP contribution in [0.3, 0.4) is 0 Å². The highest BCUT2D eigenvalue weighted by atomic mass is 79.9. The SMILES string of the molecule is COc1cc(NC(=O)c2ccc(COc3ccc(Br)cc3)o2)cc([N+](=O)[O-])c1. The van der Waals surface area contributed by atoms with Gasteiger partial charge in [0.2, 0.25) is 0 Å². The van der Waals surface area contributed by atoms with E-state index in [4.69, 9.17) is 13.9 Å². The number of carbonyl (C=O) groups is 1. The minimum Gasteiger partial charge on any atom is -0.496 e. The van der Waals surface area contributed by atoms with Crippen LogP contribution in [0.25, 0.3) is 0 Å². The minimum absolute atomic E-state index is 0.0554. The first-order chi connectivity index (χ1) is 13.4. The van der Waals surface area contributed by atoms with Gasteiger partial charge in [-0.25, -0.2) is 0 Å². The monoisotopic (exact) mass is 446 g/mol. The number of hydrogen-bond donors (Lipinski definition) is 1. The zero-order valence-corrected chi connectivity index (χ0v) is 16.3. The van der Waals surface area contributed by atoms with Gasteiger partial charge in [-0.05, 0) is 36.4 Å². The minimum atomic E-state index is -0.567. The zero-order chi connectivity index (χ0) is 20.1. The maximum absolute atomic E-state index is 12.4. The third-order valence-electron chi connectivity index (χ3n) is 3.68. The summed E-state index contributed by atoms with van der Waals surface area (Å²) in [6, 6.07) is 14.4. The molecule has 0 aliphatic heterocycles. The van der Waals surface area contributed by atoms with Crippen molar-refractivity contribution in [2.45, 2.75) is 6.61 Å². The van der Waals surface area contributed by atoms with Crippen molar-refractivity contribution in [1.29, 1.82) is 0 Å². The Morgan fingerprint density at radius 3 is 2.57 bits per heavy atom. The lowest BCUT2D eigenvalue weighted by Crippen LogP contribution is -2.11. The van der Waals surface area contributed by atoms with Crippen LogP contribution in [0.5, 0.6) is 11.5 Å². The Labute approximate surface area is 168 Å². The zero-order valence-electron chi connectivity index (χ0n) is 14.7. The van der Waals surface area contributed by atoms with Gasteiger partial charge in [-0.1, -0.05) is 15.9 Å². The number of ether oxygens (including phenoxy) is 2. The second kappa shape index (κ2) is 8.57. The van der Waals surface area contributed by atoms with Gasteiger partial charge in [-0.3, -0.25) is 14.9 Å². The van der Waals surface area contributed by atoms with Gasteiger partial charge in [0.1, 0.15) is 23.9 Å². The lowest BCUT2D eigenvalue weighted by Gasteiger charge is -2.06. The lowest BCUT2D eigenvalue weighted by atomic mass is 10.2. The Hall–Kier alpha value is -3.33. The van der Waals surface area contributed by atoms with E-state index in [2.05, 4.69) is 21.2 Å². The van der Waals surface area contributed by atoms with Crippen LogP contribution in [0.4, 0.5) is 11.4 Å².